The Labute approximate surface area is 284 Å². The lowest BCUT2D eigenvalue weighted by molar-refractivity contribution is -0.127. The lowest BCUT2D eigenvalue weighted by Gasteiger charge is -2.30. The van der Waals surface area contributed by atoms with Gasteiger partial charge in [0.05, 0.1) is 40.1 Å². The van der Waals surface area contributed by atoms with Crippen molar-refractivity contribution in [2.24, 2.45) is 4.99 Å². The summed E-state index contributed by atoms with van der Waals surface area (Å²) in [5, 5.41) is 9.11. The van der Waals surface area contributed by atoms with Gasteiger partial charge in [-0.2, -0.15) is 0 Å². The van der Waals surface area contributed by atoms with Crippen LogP contribution < -0.4 is 29.1 Å². The zero-order chi connectivity index (χ0) is 33.8. The van der Waals surface area contributed by atoms with Crippen molar-refractivity contribution in [1.29, 1.82) is 0 Å². The van der Waals surface area contributed by atoms with Crippen LogP contribution in [0.15, 0.2) is 86.2 Å². The first-order valence-corrected chi connectivity index (χ1v) is 16.5. The number of carbonyl (C=O) groups excluding carboxylic acids is 1. The number of allylic oxidation sites excluding steroid dienone is 1. The molecule has 5 rings (SSSR count). The van der Waals surface area contributed by atoms with E-state index >= 15 is 0 Å². The van der Waals surface area contributed by atoms with Crippen LogP contribution in [-0.2, 0) is 11.4 Å². The molecule has 0 saturated heterocycles. The van der Waals surface area contributed by atoms with E-state index in [1.54, 1.807) is 73.1 Å². The molecule has 1 aromatic heterocycles. The number of fused-ring (bicyclic) bond motifs is 1. The van der Waals surface area contributed by atoms with Crippen molar-refractivity contribution in [3.63, 3.8) is 0 Å². The normalized spacial score (nSPS) is 14.3. The van der Waals surface area contributed by atoms with Crippen LogP contribution in [0, 0.1) is 0 Å². The molecule has 0 bridgehead atoms. The van der Waals surface area contributed by atoms with E-state index in [1.165, 1.54) is 23.5 Å². The van der Waals surface area contributed by atoms with Crippen LogP contribution in [-0.4, -0.2) is 53.8 Å². The van der Waals surface area contributed by atoms with E-state index in [2.05, 4.69) is 15.9 Å². The number of thiazole rings is 1. The number of carbonyl (C=O) groups is 2. The van der Waals surface area contributed by atoms with E-state index in [0.29, 0.717) is 61.0 Å². The molecule has 1 aliphatic rings. The van der Waals surface area contributed by atoms with Crippen molar-refractivity contribution in [2.45, 2.75) is 33.4 Å². The quantitative estimate of drug-likeness (QED) is 0.228. The number of carboxylic acid groups (broad SMARTS) is 1. The highest BCUT2D eigenvalue weighted by molar-refractivity contribution is 9.10. The van der Waals surface area contributed by atoms with Crippen LogP contribution in [0.5, 0.6) is 17.2 Å². The van der Waals surface area contributed by atoms with E-state index in [4.69, 9.17) is 24.3 Å². The average molecular weight is 721 g/mol. The third kappa shape index (κ3) is 6.89. The van der Waals surface area contributed by atoms with Gasteiger partial charge in [-0.25, -0.2) is 9.79 Å². The molecule has 12 heteroatoms. The molecule has 3 aromatic carbocycles. The van der Waals surface area contributed by atoms with Crippen LogP contribution in [0.2, 0.25) is 0 Å². The highest BCUT2D eigenvalue weighted by Crippen LogP contribution is 2.38. The Bertz CT molecular complexity index is 2050. The number of nitrogens with zero attached hydrogens (tertiary/aromatic N) is 3. The standard InChI is InChI=1S/C35H34BrN3O7S/c1-6-38(7-2)33(41)30-20(3)37-35-39(31(30)25-18-24(44-4)13-15-27(25)45-5)32(40)29(47-35)17-22-10-14-28(26(36)16-22)46-19-21-8-11-23(12-9-21)34(42)43/h8-18,31H,6-7,19H2,1-5H3,(H,42,43)/b29-17+/t31-/m1/s1. The fourth-order valence-corrected chi connectivity index (χ4v) is 6.96. The molecule has 0 aliphatic carbocycles. The number of aromatic nitrogens is 1. The van der Waals surface area contributed by atoms with Crippen LogP contribution >= 0.6 is 27.3 Å². The second kappa shape index (κ2) is 14.4. The smallest absolute Gasteiger partial charge is 0.335 e. The Balaban J connectivity index is 1.55. The maximum Gasteiger partial charge on any atom is 0.335 e. The molecule has 1 atom stereocenters. The number of hydrogen-bond acceptors (Lipinski definition) is 8. The van der Waals surface area contributed by atoms with E-state index < -0.39 is 12.0 Å². The third-order valence-electron chi connectivity index (χ3n) is 7.88. The van der Waals surface area contributed by atoms with Gasteiger partial charge in [0.25, 0.3) is 11.5 Å². The Morgan fingerprint density at radius 2 is 1.72 bits per heavy atom. The molecule has 4 aromatic rings. The first-order valence-electron chi connectivity index (χ1n) is 14.9. The van der Waals surface area contributed by atoms with Gasteiger partial charge in [-0.3, -0.25) is 14.2 Å². The minimum Gasteiger partial charge on any atom is -0.497 e. The fraction of sp³-hybridized carbons (Fsp3) is 0.257. The Morgan fingerprint density at radius 1 is 1.02 bits per heavy atom. The zero-order valence-corrected chi connectivity index (χ0v) is 29.0. The topological polar surface area (TPSA) is 120 Å². The van der Waals surface area contributed by atoms with Crippen molar-refractivity contribution in [2.75, 3.05) is 27.3 Å². The van der Waals surface area contributed by atoms with Crippen molar-refractivity contribution in [1.82, 2.24) is 9.47 Å². The lowest BCUT2D eigenvalue weighted by atomic mass is 9.93. The van der Waals surface area contributed by atoms with E-state index in [1.807, 2.05) is 26.0 Å². The van der Waals surface area contributed by atoms with E-state index in [-0.39, 0.29) is 23.6 Å². The molecule has 1 aliphatic heterocycles. The number of carboxylic acids is 1. The van der Waals surface area contributed by atoms with Crippen LogP contribution in [0.4, 0.5) is 0 Å². The summed E-state index contributed by atoms with van der Waals surface area (Å²) in [5.41, 5.74) is 3.05. The third-order valence-corrected chi connectivity index (χ3v) is 9.49. The first-order chi connectivity index (χ1) is 22.6. The van der Waals surface area contributed by atoms with Gasteiger partial charge in [0, 0.05) is 18.7 Å². The lowest BCUT2D eigenvalue weighted by Crippen LogP contribution is -2.43. The average Bonchev–Trinajstić information content (AvgIpc) is 3.37. The summed E-state index contributed by atoms with van der Waals surface area (Å²) in [7, 11) is 3.12. The number of aromatic carboxylic acids is 1. The number of amides is 1. The number of methoxy groups -OCH3 is 2. The molecule has 0 unspecified atom stereocenters. The monoisotopic (exact) mass is 719 g/mol. The fourth-order valence-electron chi connectivity index (χ4n) is 5.40. The summed E-state index contributed by atoms with van der Waals surface area (Å²) in [6.45, 7) is 6.89. The maximum atomic E-state index is 14.2. The van der Waals surface area contributed by atoms with Gasteiger partial charge in [0.2, 0.25) is 0 Å². The van der Waals surface area contributed by atoms with Crippen LogP contribution in [0.25, 0.3) is 6.08 Å². The number of benzene rings is 3. The number of rotatable bonds is 11. The summed E-state index contributed by atoms with van der Waals surface area (Å²) >= 11 is 4.82. The summed E-state index contributed by atoms with van der Waals surface area (Å²) in [4.78, 5) is 46.2. The zero-order valence-electron chi connectivity index (χ0n) is 26.6. The number of hydrogen-bond donors (Lipinski definition) is 1. The Hall–Kier alpha value is -4.68. The molecular formula is C35H34BrN3O7S. The van der Waals surface area contributed by atoms with E-state index in [9.17, 15) is 14.4 Å². The van der Waals surface area contributed by atoms with Gasteiger partial charge in [-0.15, -0.1) is 0 Å². The molecule has 0 radical (unpaired) electrons. The van der Waals surface area contributed by atoms with Gasteiger partial charge in [-0.05, 0) is 96.4 Å². The second-order valence-corrected chi connectivity index (χ2v) is 12.5. The highest BCUT2D eigenvalue weighted by atomic mass is 79.9. The van der Waals surface area contributed by atoms with Crippen LogP contribution in [0.1, 0.15) is 53.9 Å². The first kappa shape index (κ1) is 33.7. The predicted molar refractivity (Wildman–Crippen MR) is 183 cm³/mol. The second-order valence-electron chi connectivity index (χ2n) is 10.6. The van der Waals surface area contributed by atoms with Gasteiger partial charge < -0.3 is 24.2 Å². The molecule has 0 saturated carbocycles. The molecule has 244 valence electrons. The minimum atomic E-state index is -0.984. The Kier molecular flexibility index (Phi) is 10.3. The molecule has 1 amide bonds. The molecule has 47 heavy (non-hydrogen) atoms. The summed E-state index contributed by atoms with van der Waals surface area (Å²) in [6.07, 6.45) is 1.79. The van der Waals surface area contributed by atoms with E-state index in [0.717, 1.165) is 11.1 Å². The SMILES string of the molecule is CCN(CC)C(=O)C1=C(C)N=c2s/c(=C/c3ccc(OCc4ccc(C(=O)O)cc4)c(Br)c3)c(=O)n2[C@@H]1c1cc(OC)ccc1OC. The van der Waals surface area contributed by atoms with Crippen molar-refractivity contribution >= 4 is 45.2 Å². The van der Waals surface area contributed by atoms with Crippen molar-refractivity contribution in [3.05, 3.63) is 118 Å². The summed E-state index contributed by atoms with van der Waals surface area (Å²) in [6, 6.07) is 16.5. The largest absolute Gasteiger partial charge is 0.497 e. The predicted octanol–water partition coefficient (Wildman–Crippen LogP) is 5.16. The van der Waals surface area contributed by atoms with Gasteiger partial charge >= 0.3 is 5.97 Å². The number of ether oxygens (including phenoxy) is 3. The van der Waals surface area contributed by atoms with Crippen molar-refractivity contribution in [3.8, 4) is 17.2 Å². The Morgan fingerprint density at radius 3 is 2.34 bits per heavy atom. The number of halogens is 1. The summed E-state index contributed by atoms with van der Waals surface area (Å²) < 4.78 is 19.9. The summed E-state index contributed by atoms with van der Waals surface area (Å²) in [5.74, 6) is 0.491. The highest BCUT2D eigenvalue weighted by Gasteiger charge is 2.36. The van der Waals surface area contributed by atoms with Gasteiger partial charge in [0.1, 0.15) is 29.9 Å². The molecule has 2 heterocycles. The molecule has 0 spiro atoms. The molecule has 1 N–H and O–H groups in total. The molecular weight excluding hydrogens is 686 g/mol. The molecule has 10 nitrogen and oxygen atoms in total. The van der Waals surface area contributed by atoms with Crippen molar-refractivity contribution < 1.29 is 28.9 Å². The minimum absolute atomic E-state index is 0.197. The molecule has 0 fully saturated rings. The number of likely N-dealkylation sites (N-methyl/N-ethyl adjacent to an activating group) is 1. The van der Waals surface area contributed by atoms with Gasteiger partial charge in [0.15, 0.2) is 4.80 Å². The van der Waals surface area contributed by atoms with Crippen LogP contribution in [0.3, 0.4) is 0 Å². The van der Waals surface area contributed by atoms with Gasteiger partial charge in [-0.1, -0.05) is 29.5 Å². The maximum absolute atomic E-state index is 14.2.